The van der Waals surface area contributed by atoms with Gasteiger partial charge in [0.15, 0.2) is 0 Å². The van der Waals surface area contributed by atoms with Crippen molar-refractivity contribution in [2.24, 2.45) is 0 Å². The summed E-state index contributed by atoms with van der Waals surface area (Å²) in [5.74, 6) is -2.34. The third kappa shape index (κ3) is 4.29. The number of carbonyl (C=O) groups is 1. The second-order valence-electron chi connectivity index (χ2n) is 6.86. The largest absolute Gasteiger partial charge is 0.496 e. The molecule has 0 bridgehead atoms. The average Bonchev–Trinajstić information content (AvgIpc) is 2.78. The minimum absolute atomic E-state index is 0.0581. The summed E-state index contributed by atoms with van der Waals surface area (Å²) in [6.45, 7) is 0. The number of halogens is 4. The minimum Gasteiger partial charge on any atom is -0.496 e. The third-order valence-corrected chi connectivity index (χ3v) is 5.13. The van der Waals surface area contributed by atoms with Crippen molar-refractivity contribution in [2.75, 3.05) is 7.11 Å². The van der Waals surface area contributed by atoms with Crippen LogP contribution in [0.25, 0.3) is 22.1 Å². The molecule has 1 aromatic heterocycles. The van der Waals surface area contributed by atoms with Crippen LogP contribution in [-0.4, -0.2) is 13.1 Å². The fraction of sp³-hybridized carbons (Fsp3) is 0.0833. The Kier molecular flexibility index (Phi) is 5.86. The van der Waals surface area contributed by atoms with Crippen LogP contribution in [0, 0.1) is 0 Å². The summed E-state index contributed by atoms with van der Waals surface area (Å²) >= 11 is 5.98. The van der Waals surface area contributed by atoms with Gasteiger partial charge in [-0.25, -0.2) is 4.79 Å². The number of para-hydroxylation sites is 1. The Balaban J connectivity index is 1.86. The first kappa shape index (κ1) is 22.4. The molecule has 0 spiro atoms. The van der Waals surface area contributed by atoms with Gasteiger partial charge in [0.2, 0.25) is 11.2 Å². The molecule has 9 heteroatoms. The maximum absolute atomic E-state index is 13.9. The van der Waals surface area contributed by atoms with Crippen molar-refractivity contribution in [1.29, 1.82) is 0 Å². The molecule has 0 atom stereocenters. The molecule has 1 heterocycles. The molecule has 33 heavy (non-hydrogen) atoms. The van der Waals surface area contributed by atoms with E-state index in [1.807, 2.05) is 0 Å². The lowest BCUT2D eigenvalue weighted by molar-refractivity contribution is -0.152. The summed E-state index contributed by atoms with van der Waals surface area (Å²) in [6.07, 6.45) is -4.98. The van der Waals surface area contributed by atoms with Gasteiger partial charge >= 0.3 is 12.1 Å². The van der Waals surface area contributed by atoms with E-state index in [1.54, 1.807) is 18.2 Å². The highest BCUT2D eigenvalue weighted by Crippen LogP contribution is 2.40. The van der Waals surface area contributed by atoms with Gasteiger partial charge in [0.1, 0.15) is 17.1 Å². The number of hydrogen-bond acceptors (Lipinski definition) is 5. The van der Waals surface area contributed by atoms with Crippen molar-refractivity contribution in [3.63, 3.8) is 0 Å². The summed E-state index contributed by atoms with van der Waals surface area (Å²) in [4.78, 5) is 25.5. The van der Waals surface area contributed by atoms with E-state index < -0.39 is 34.5 Å². The number of fused-ring (bicyclic) bond motifs is 1. The second-order valence-corrected chi connectivity index (χ2v) is 7.27. The Hall–Kier alpha value is -3.78. The Morgan fingerprint density at radius 3 is 2.39 bits per heavy atom. The van der Waals surface area contributed by atoms with E-state index in [4.69, 9.17) is 25.5 Å². The monoisotopic (exact) mass is 474 g/mol. The molecule has 0 unspecified atom stereocenters. The number of methoxy groups -OCH3 is 1. The van der Waals surface area contributed by atoms with Crippen LogP contribution in [0.3, 0.4) is 0 Å². The Bertz CT molecular complexity index is 1430. The van der Waals surface area contributed by atoms with E-state index in [0.29, 0.717) is 0 Å². The Morgan fingerprint density at radius 1 is 1.00 bits per heavy atom. The predicted octanol–water partition coefficient (Wildman–Crippen LogP) is 6.36. The first-order chi connectivity index (χ1) is 15.7. The molecule has 168 valence electrons. The normalized spacial score (nSPS) is 11.4. The topological polar surface area (TPSA) is 65.7 Å². The molecule has 3 aromatic carbocycles. The van der Waals surface area contributed by atoms with Gasteiger partial charge in [-0.05, 0) is 30.3 Å². The fourth-order valence-electron chi connectivity index (χ4n) is 3.32. The Labute approximate surface area is 189 Å². The summed E-state index contributed by atoms with van der Waals surface area (Å²) < 4.78 is 57.1. The van der Waals surface area contributed by atoms with E-state index >= 15 is 0 Å². The van der Waals surface area contributed by atoms with Gasteiger partial charge in [-0.3, -0.25) is 4.79 Å². The van der Waals surface area contributed by atoms with Crippen LogP contribution in [0.1, 0.15) is 16.1 Å². The molecular weight excluding hydrogens is 461 g/mol. The van der Waals surface area contributed by atoms with Crippen molar-refractivity contribution in [2.45, 2.75) is 6.18 Å². The number of benzene rings is 3. The highest BCUT2D eigenvalue weighted by atomic mass is 35.5. The van der Waals surface area contributed by atoms with Crippen LogP contribution in [0.4, 0.5) is 13.2 Å². The lowest BCUT2D eigenvalue weighted by Crippen LogP contribution is -2.16. The zero-order valence-corrected chi connectivity index (χ0v) is 17.7. The van der Waals surface area contributed by atoms with Crippen molar-refractivity contribution in [3.05, 3.63) is 93.3 Å². The molecule has 0 aliphatic rings. The molecule has 5 nitrogen and oxygen atoms in total. The van der Waals surface area contributed by atoms with Gasteiger partial charge in [0.05, 0.1) is 28.6 Å². The fourth-order valence-corrected chi connectivity index (χ4v) is 3.53. The molecular formula is C24H14ClF3O5. The maximum atomic E-state index is 13.9. The van der Waals surface area contributed by atoms with Crippen molar-refractivity contribution < 1.29 is 31.9 Å². The highest BCUT2D eigenvalue weighted by molar-refractivity contribution is 6.33. The first-order valence-corrected chi connectivity index (χ1v) is 9.86. The molecule has 4 rings (SSSR count). The zero-order valence-electron chi connectivity index (χ0n) is 16.9. The van der Waals surface area contributed by atoms with Crippen LogP contribution in [-0.2, 0) is 6.18 Å². The number of hydrogen-bond donors (Lipinski definition) is 0. The van der Waals surface area contributed by atoms with Crippen LogP contribution >= 0.6 is 11.6 Å². The van der Waals surface area contributed by atoms with E-state index in [2.05, 4.69) is 0 Å². The third-order valence-electron chi connectivity index (χ3n) is 4.80. The lowest BCUT2D eigenvalue weighted by atomic mass is 10.0. The van der Waals surface area contributed by atoms with Crippen LogP contribution < -0.4 is 14.9 Å². The molecule has 4 aromatic rings. The van der Waals surface area contributed by atoms with E-state index in [0.717, 1.165) is 6.07 Å². The van der Waals surface area contributed by atoms with Gasteiger partial charge in [-0.2, -0.15) is 13.2 Å². The summed E-state index contributed by atoms with van der Waals surface area (Å²) in [7, 11) is 1.29. The molecule has 0 aliphatic heterocycles. The molecule has 0 N–H and O–H groups in total. The maximum Gasteiger partial charge on any atom is 0.450 e. The highest BCUT2D eigenvalue weighted by Gasteiger charge is 2.40. The number of alkyl halides is 3. The molecule has 0 radical (unpaired) electrons. The molecule has 0 amide bonds. The van der Waals surface area contributed by atoms with Crippen molar-refractivity contribution in [1.82, 2.24) is 0 Å². The smallest absolute Gasteiger partial charge is 0.450 e. The molecule has 0 aliphatic carbocycles. The van der Waals surface area contributed by atoms with Crippen LogP contribution in [0.2, 0.25) is 5.02 Å². The number of ether oxygens (including phenoxy) is 2. The van der Waals surface area contributed by atoms with Gasteiger partial charge in [0.25, 0.3) is 0 Å². The van der Waals surface area contributed by atoms with E-state index in [-0.39, 0.29) is 33.0 Å². The van der Waals surface area contributed by atoms with Crippen molar-refractivity contribution in [3.8, 4) is 22.6 Å². The van der Waals surface area contributed by atoms with E-state index in [9.17, 15) is 22.8 Å². The standard InChI is InChI=1S/C24H14ClF3O5/c1-31-18-9-5-3-7-15(18)20-21(29)16-11-10-13(12-19(16)33-22(20)24(26,27)28)32-23(30)14-6-2-4-8-17(14)25/h2-12H,1H3. The van der Waals surface area contributed by atoms with Gasteiger partial charge < -0.3 is 13.9 Å². The quantitative estimate of drug-likeness (QED) is 0.254. The molecule has 0 saturated carbocycles. The predicted molar refractivity (Wildman–Crippen MR) is 116 cm³/mol. The SMILES string of the molecule is COc1ccccc1-c1c(C(F)(F)F)oc2cc(OC(=O)c3ccccc3Cl)ccc2c1=O. The van der Waals surface area contributed by atoms with Gasteiger partial charge in [-0.15, -0.1) is 0 Å². The van der Waals surface area contributed by atoms with Crippen LogP contribution in [0.5, 0.6) is 11.5 Å². The summed E-state index contributed by atoms with van der Waals surface area (Å²) in [5.41, 5.74) is -1.96. The zero-order chi connectivity index (χ0) is 23.8. The van der Waals surface area contributed by atoms with E-state index in [1.165, 1.54) is 49.6 Å². The Morgan fingerprint density at radius 2 is 1.70 bits per heavy atom. The second kappa shape index (κ2) is 8.63. The van der Waals surface area contributed by atoms with Crippen molar-refractivity contribution >= 4 is 28.5 Å². The summed E-state index contributed by atoms with van der Waals surface area (Å²) in [5, 5.41) is 0.0251. The van der Waals surface area contributed by atoms with Crippen LogP contribution in [0.15, 0.2) is 75.9 Å². The molecule has 0 saturated heterocycles. The van der Waals surface area contributed by atoms with Gasteiger partial charge in [-0.1, -0.05) is 41.9 Å². The number of carbonyl (C=O) groups excluding carboxylic acids is 1. The molecule has 0 fully saturated rings. The number of esters is 1. The lowest BCUT2D eigenvalue weighted by Gasteiger charge is -2.15. The average molecular weight is 475 g/mol. The minimum atomic E-state index is -4.98. The number of rotatable bonds is 4. The summed E-state index contributed by atoms with van der Waals surface area (Å²) in [6, 6.07) is 15.5. The first-order valence-electron chi connectivity index (χ1n) is 9.49. The van der Waals surface area contributed by atoms with Gasteiger partial charge in [0, 0.05) is 11.6 Å².